The lowest BCUT2D eigenvalue weighted by molar-refractivity contribution is 0.301. The Bertz CT molecular complexity index is 1490. The number of aliphatic hydroxyl groups is 1. The van der Waals surface area contributed by atoms with Gasteiger partial charge in [0.1, 0.15) is 4.21 Å². The molecule has 0 saturated heterocycles. The topological polar surface area (TPSA) is 136 Å². The van der Waals surface area contributed by atoms with Crippen molar-refractivity contribution in [1.29, 1.82) is 0 Å². The van der Waals surface area contributed by atoms with Gasteiger partial charge in [-0.05, 0) is 37.1 Å². The first-order valence-corrected chi connectivity index (χ1v) is 13.9. The largest absolute Gasteiger partial charge is 0.395 e. The van der Waals surface area contributed by atoms with E-state index in [0.717, 1.165) is 46.8 Å². The number of aromatic nitrogens is 3. The summed E-state index contributed by atoms with van der Waals surface area (Å²) in [5.41, 5.74) is 5.01. The van der Waals surface area contributed by atoms with Crippen LogP contribution in [-0.4, -0.2) is 79.0 Å². The molecule has 2 aliphatic rings. The number of imidazole rings is 1. The summed E-state index contributed by atoms with van der Waals surface area (Å²) in [6.45, 7) is 3.78. The number of sulfonamides is 1. The number of allylic oxidation sites excluding steroid dienone is 1. The number of anilines is 2. The lowest BCUT2D eigenvalue weighted by atomic mass is 10.1. The van der Waals surface area contributed by atoms with Crippen molar-refractivity contribution >= 4 is 55.2 Å². The van der Waals surface area contributed by atoms with E-state index in [4.69, 9.17) is 10.1 Å². The van der Waals surface area contributed by atoms with Crippen molar-refractivity contribution in [1.82, 2.24) is 29.4 Å². The molecule has 11 nitrogen and oxygen atoms in total. The minimum absolute atomic E-state index is 0.0401. The summed E-state index contributed by atoms with van der Waals surface area (Å²) in [7, 11) is -1.81. The molecule has 3 aromatic heterocycles. The Kier molecular flexibility index (Phi) is 6.90. The first kappa shape index (κ1) is 24.6. The van der Waals surface area contributed by atoms with E-state index in [-0.39, 0.29) is 17.4 Å². The minimum atomic E-state index is -3.72. The molecule has 5 rings (SSSR count). The lowest BCUT2D eigenvalue weighted by Crippen LogP contribution is -2.26. The van der Waals surface area contributed by atoms with Crippen molar-refractivity contribution in [2.45, 2.75) is 17.6 Å². The molecule has 5 heterocycles. The van der Waals surface area contributed by atoms with Crippen molar-refractivity contribution in [2.75, 3.05) is 45.2 Å². The molecule has 0 bridgehead atoms. The molecule has 0 radical (unpaired) electrons. The van der Waals surface area contributed by atoms with Crippen molar-refractivity contribution in [2.24, 2.45) is 5.10 Å². The molecule has 13 heteroatoms. The van der Waals surface area contributed by atoms with Gasteiger partial charge in [0.2, 0.25) is 10.0 Å². The SMILES string of the molecule is Cc1cc(Nc2nc(C3=CCCNC3)cn3c(C4=CCN(C)N=C4)cnc23)sc1S(=O)(=O)NCCO. The van der Waals surface area contributed by atoms with Crippen LogP contribution >= 0.6 is 11.3 Å². The van der Waals surface area contributed by atoms with Gasteiger partial charge in [-0.3, -0.25) is 9.41 Å². The third-order valence-electron chi connectivity index (χ3n) is 5.88. The van der Waals surface area contributed by atoms with Crippen LogP contribution in [0.4, 0.5) is 10.8 Å². The van der Waals surface area contributed by atoms with Crippen LogP contribution in [-0.2, 0) is 10.0 Å². The Labute approximate surface area is 213 Å². The summed E-state index contributed by atoms with van der Waals surface area (Å²) < 4.78 is 29.9. The number of aryl methyl sites for hydroxylation is 1. The summed E-state index contributed by atoms with van der Waals surface area (Å²) in [5.74, 6) is 0.532. The molecule has 0 spiro atoms. The van der Waals surface area contributed by atoms with E-state index in [1.165, 1.54) is 0 Å². The molecule has 0 fully saturated rings. The Morgan fingerprint density at radius 2 is 2.17 bits per heavy atom. The smallest absolute Gasteiger partial charge is 0.250 e. The number of aliphatic hydroxyl groups excluding tert-OH is 1. The maximum absolute atomic E-state index is 12.6. The summed E-state index contributed by atoms with van der Waals surface area (Å²) in [6.07, 6.45) is 10.8. The van der Waals surface area contributed by atoms with Gasteiger partial charge in [0.25, 0.3) is 0 Å². The fourth-order valence-electron chi connectivity index (χ4n) is 4.10. The average molecular weight is 529 g/mol. The van der Waals surface area contributed by atoms with Crippen LogP contribution < -0.4 is 15.4 Å². The number of nitrogens with one attached hydrogen (secondary N) is 3. The van der Waals surface area contributed by atoms with Gasteiger partial charge in [-0.15, -0.1) is 11.3 Å². The third-order valence-corrected chi connectivity index (χ3v) is 9.13. The highest BCUT2D eigenvalue weighted by Crippen LogP contribution is 2.34. The summed E-state index contributed by atoms with van der Waals surface area (Å²) in [6, 6.07) is 1.78. The molecule has 2 aliphatic heterocycles. The number of likely N-dealkylation sites (N-methyl/N-ethyl adjacent to an activating group) is 1. The Morgan fingerprint density at radius 1 is 1.31 bits per heavy atom. The summed E-state index contributed by atoms with van der Waals surface area (Å²) >= 11 is 1.11. The number of hydrazone groups is 1. The predicted octanol–water partition coefficient (Wildman–Crippen LogP) is 1.80. The molecule has 3 aromatic rings. The second kappa shape index (κ2) is 10.1. The van der Waals surface area contributed by atoms with E-state index in [9.17, 15) is 8.42 Å². The lowest BCUT2D eigenvalue weighted by Gasteiger charge is -2.17. The zero-order valence-corrected chi connectivity index (χ0v) is 21.7. The first-order chi connectivity index (χ1) is 17.4. The molecule has 36 heavy (non-hydrogen) atoms. The maximum Gasteiger partial charge on any atom is 0.250 e. The molecule has 0 aromatic carbocycles. The van der Waals surface area contributed by atoms with Crippen LogP contribution in [0.5, 0.6) is 0 Å². The second-order valence-electron chi connectivity index (χ2n) is 8.58. The van der Waals surface area contributed by atoms with Gasteiger partial charge in [0, 0.05) is 31.9 Å². The van der Waals surface area contributed by atoms with E-state index in [0.29, 0.717) is 35.1 Å². The number of hydrogen-bond acceptors (Lipinski definition) is 10. The first-order valence-electron chi connectivity index (χ1n) is 11.6. The van der Waals surface area contributed by atoms with Crippen LogP contribution in [0.2, 0.25) is 0 Å². The van der Waals surface area contributed by atoms with Crippen LogP contribution in [0.1, 0.15) is 23.4 Å². The fourth-order valence-corrected chi connectivity index (χ4v) is 6.76. The Balaban J connectivity index is 1.57. The molecular formula is C23H28N8O3S2. The molecule has 0 aliphatic carbocycles. The zero-order chi connectivity index (χ0) is 25.3. The monoisotopic (exact) mass is 528 g/mol. The van der Waals surface area contributed by atoms with Gasteiger partial charge in [0.15, 0.2) is 11.5 Å². The molecular weight excluding hydrogens is 500 g/mol. The molecule has 0 saturated carbocycles. The van der Waals surface area contributed by atoms with Crippen LogP contribution in [0.15, 0.2) is 39.9 Å². The maximum atomic E-state index is 12.6. The summed E-state index contributed by atoms with van der Waals surface area (Å²) in [5, 5.41) is 22.6. The van der Waals surface area contributed by atoms with E-state index in [1.54, 1.807) is 19.2 Å². The van der Waals surface area contributed by atoms with Crippen molar-refractivity contribution in [3.63, 3.8) is 0 Å². The number of hydrogen-bond donors (Lipinski definition) is 4. The minimum Gasteiger partial charge on any atom is -0.395 e. The number of fused-ring (bicyclic) bond motifs is 1. The fraction of sp³-hybridized carbons (Fsp3) is 0.348. The van der Waals surface area contributed by atoms with E-state index in [1.807, 2.05) is 28.9 Å². The van der Waals surface area contributed by atoms with Gasteiger partial charge in [-0.25, -0.2) is 23.1 Å². The predicted molar refractivity (Wildman–Crippen MR) is 142 cm³/mol. The van der Waals surface area contributed by atoms with Crippen molar-refractivity contribution < 1.29 is 13.5 Å². The van der Waals surface area contributed by atoms with Gasteiger partial charge < -0.3 is 15.7 Å². The Hall–Kier alpha value is -3.10. The van der Waals surface area contributed by atoms with E-state index < -0.39 is 10.0 Å². The molecule has 190 valence electrons. The number of rotatable bonds is 8. The molecule has 0 amide bonds. The standard InChI is InChI=1S/C23H28N8O3S2/c1-15-10-20(35-23(15)36(33,34)27-7-9-32)29-21-22-25-13-19(17-5-8-30(2)26-12-17)31(22)14-18(28-21)16-4-3-6-24-11-16/h4-5,10,12-14,24,27,32H,3,6-9,11H2,1-2H3,(H,28,29). The zero-order valence-electron chi connectivity index (χ0n) is 20.0. The van der Waals surface area contributed by atoms with Gasteiger partial charge in [-0.2, -0.15) is 5.10 Å². The number of nitrogens with zero attached hydrogens (tertiary/aromatic N) is 5. The van der Waals surface area contributed by atoms with Crippen LogP contribution in [0.25, 0.3) is 16.8 Å². The average Bonchev–Trinajstić information content (AvgIpc) is 3.47. The quantitative estimate of drug-likeness (QED) is 0.348. The van der Waals surface area contributed by atoms with Crippen LogP contribution in [0.3, 0.4) is 0 Å². The van der Waals surface area contributed by atoms with Gasteiger partial charge in [0.05, 0.1) is 42.0 Å². The molecule has 0 unspecified atom stereocenters. The van der Waals surface area contributed by atoms with E-state index in [2.05, 4.69) is 37.6 Å². The van der Waals surface area contributed by atoms with Gasteiger partial charge in [-0.1, -0.05) is 12.2 Å². The normalized spacial score (nSPS) is 16.4. The molecule has 0 atom stereocenters. The van der Waals surface area contributed by atoms with Crippen molar-refractivity contribution in [3.8, 4) is 0 Å². The highest BCUT2D eigenvalue weighted by atomic mass is 32.2. The van der Waals surface area contributed by atoms with Crippen LogP contribution in [0, 0.1) is 6.92 Å². The van der Waals surface area contributed by atoms with Gasteiger partial charge >= 0.3 is 0 Å². The second-order valence-corrected chi connectivity index (χ2v) is 11.6. The molecule has 4 N–H and O–H groups in total. The highest BCUT2D eigenvalue weighted by Gasteiger charge is 2.22. The highest BCUT2D eigenvalue weighted by molar-refractivity contribution is 7.91. The number of thiophene rings is 1. The van der Waals surface area contributed by atoms with Crippen molar-refractivity contribution in [3.05, 3.63) is 47.6 Å². The Morgan fingerprint density at radius 3 is 2.89 bits per heavy atom. The third kappa shape index (κ3) is 4.92. The van der Waals surface area contributed by atoms with E-state index >= 15 is 0 Å². The summed E-state index contributed by atoms with van der Waals surface area (Å²) in [4.78, 5) is 9.53.